The molecule has 2 aromatic carbocycles. The Morgan fingerprint density at radius 1 is 1.12 bits per heavy atom. The zero-order valence-corrected chi connectivity index (χ0v) is 18.6. The third-order valence-electron chi connectivity index (χ3n) is 4.59. The molecule has 1 N–H and O–H groups in total. The van der Waals surface area contributed by atoms with Gasteiger partial charge in [-0.1, -0.05) is 0 Å². The van der Waals surface area contributed by atoms with E-state index in [0.29, 0.717) is 16.3 Å². The number of ether oxygens (including phenoxy) is 3. The number of hydrogen-bond acceptors (Lipinski definition) is 8. The average Bonchev–Trinajstić information content (AvgIpc) is 3.32. The Kier molecular flexibility index (Phi) is 6.83. The molecule has 0 unspecified atom stereocenters. The molecular weight excluding hydrogens is 465 g/mol. The Morgan fingerprint density at radius 2 is 1.91 bits per heavy atom. The molecular formula is C23H18FN3O6S. The zero-order valence-electron chi connectivity index (χ0n) is 17.8. The van der Waals surface area contributed by atoms with E-state index < -0.39 is 17.7 Å². The van der Waals surface area contributed by atoms with Crippen LogP contribution in [0.2, 0.25) is 0 Å². The molecule has 0 aliphatic heterocycles. The molecule has 4 aromatic rings. The summed E-state index contributed by atoms with van der Waals surface area (Å²) in [7, 11) is 1.39. The van der Waals surface area contributed by atoms with Gasteiger partial charge in [-0.3, -0.25) is 14.0 Å². The molecule has 0 saturated heterocycles. The van der Waals surface area contributed by atoms with Crippen LogP contribution in [0.25, 0.3) is 4.96 Å². The van der Waals surface area contributed by atoms with Gasteiger partial charge in [-0.05, 0) is 42.5 Å². The van der Waals surface area contributed by atoms with E-state index in [1.54, 1.807) is 11.6 Å². The Balaban J connectivity index is 1.36. The van der Waals surface area contributed by atoms with Gasteiger partial charge in [0.15, 0.2) is 23.1 Å². The maximum Gasteiger partial charge on any atom is 0.338 e. The lowest BCUT2D eigenvalue weighted by Crippen LogP contribution is -2.20. The van der Waals surface area contributed by atoms with E-state index in [-0.39, 0.29) is 35.8 Å². The summed E-state index contributed by atoms with van der Waals surface area (Å²) in [5.41, 5.74) is 0.688. The van der Waals surface area contributed by atoms with Gasteiger partial charge in [-0.25, -0.2) is 14.2 Å². The molecule has 0 fully saturated rings. The van der Waals surface area contributed by atoms with Crippen LogP contribution in [0.3, 0.4) is 0 Å². The Labute approximate surface area is 196 Å². The maximum atomic E-state index is 13.0. The van der Waals surface area contributed by atoms with Crippen LogP contribution >= 0.6 is 11.3 Å². The molecule has 2 heterocycles. The summed E-state index contributed by atoms with van der Waals surface area (Å²) in [5.74, 6) is -1.05. The number of benzene rings is 2. The smallest absolute Gasteiger partial charge is 0.338 e. The van der Waals surface area contributed by atoms with Gasteiger partial charge < -0.3 is 19.5 Å². The standard InChI is InChI=1S/C23H18FN3O6S/c1-31-19-10-14(22(30)33-12-17-11-21(29)27-8-9-34-23(27)26-17)2-7-18(19)32-13-20(28)25-16-5-3-15(24)4-6-16/h2-11H,12-13H2,1H3,(H,25,28). The summed E-state index contributed by atoms with van der Waals surface area (Å²) in [6.45, 7) is -0.503. The lowest BCUT2D eigenvalue weighted by atomic mass is 10.2. The predicted molar refractivity (Wildman–Crippen MR) is 122 cm³/mol. The van der Waals surface area contributed by atoms with Crippen molar-refractivity contribution in [3.05, 3.63) is 87.5 Å². The predicted octanol–water partition coefficient (Wildman–Crippen LogP) is 3.28. The van der Waals surface area contributed by atoms with Gasteiger partial charge in [0, 0.05) is 23.3 Å². The molecule has 0 atom stereocenters. The molecule has 11 heteroatoms. The molecule has 9 nitrogen and oxygen atoms in total. The normalized spacial score (nSPS) is 10.6. The zero-order chi connectivity index (χ0) is 24.1. The number of hydrogen-bond donors (Lipinski definition) is 1. The number of thiazole rings is 1. The van der Waals surface area contributed by atoms with Crippen LogP contribution in [0.1, 0.15) is 16.1 Å². The molecule has 0 spiro atoms. The molecule has 0 bridgehead atoms. The van der Waals surface area contributed by atoms with E-state index in [9.17, 15) is 18.8 Å². The van der Waals surface area contributed by atoms with Crippen LogP contribution in [-0.2, 0) is 16.1 Å². The van der Waals surface area contributed by atoms with Crippen LogP contribution in [0, 0.1) is 5.82 Å². The second-order valence-corrected chi connectivity index (χ2v) is 7.80. The number of carbonyl (C=O) groups excluding carboxylic acids is 2. The fourth-order valence-electron chi connectivity index (χ4n) is 2.97. The van der Waals surface area contributed by atoms with Gasteiger partial charge >= 0.3 is 5.97 Å². The number of halogens is 1. The lowest BCUT2D eigenvalue weighted by Gasteiger charge is -2.12. The minimum absolute atomic E-state index is 0.174. The number of carbonyl (C=O) groups is 2. The average molecular weight is 483 g/mol. The van der Waals surface area contributed by atoms with Gasteiger partial charge in [0.05, 0.1) is 18.4 Å². The van der Waals surface area contributed by atoms with Crippen molar-refractivity contribution in [2.75, 3.05) is 19.0 Å². The van der Waals surface area contributed by atoms with Gasteiger partial charge in [0.2, 0.25) is 0 Å². The number of amides is 1. The lowest BCUT2D eigenvalue weighted by molar-refractivity contribution is -0.118. The van der Waals surface area contributed by atoms with Crippen molar-refractivity contribution in [2.45, 2.75) is 6.61 Å². The number of rotatable bonds is 8. The van der Waals surface area contributed by atoms with E-state index in [0.717, 1.165) is 0 Å². The summed E-state index contributed by atoms with van der Waals surface area (Å²) < 4.78 is 30.4. The molecule has 0 aliphatic rings. The number of anilines is 1. The highest BCUT2D eigenvalue weighted by Gasteiger charge is 2.15. The number of nitrogens with one attached hydrogen (secondary N) is 1. The van der Waals surface area contributed by atoms with Crippen molar-refractivity contribution in [1.82, 2.24) is 9.38 Å². The van der Waals surface area contributed by atoms with E-state index >= 15 is 0 Å². The fourth-order valence-corrected chi connectivity index (χ4v) is 3.71. The second-order valence-electron chi connectivity index (χ2n) is 6.93. The molecule has 0 radical (unpaired) electrons. The van der Waals surface area contributed by atoms with Gasteiger partial charge in [-0.15, -0.1) is 11.3 Å². The van der Waals surface area contributed by atoms with E-state index in [2.05, 4.69) is 10.3 Å². The number of methoxy groups -OCH3 is 1. The topological polar surface area (TPSA) is 108 Å². The Hall–Kier alpha value is -4.25. The van der Waals surface area contributed by atoms with Crippen LogP contribution in [0.4, 0.5) is 10.1 Å². The Bertz CT molecular complexity index is 1400. The molecule has 174 valence electrons. The van der Waals surface area contributed by atoms with E-state index in [1.165, 1.54) is 71.4 Å². The number of nitrogens with zero attached hydrogens (tertiary/aromatic N) is 2. The van der Waals surface area contributed by atoms with Crippen LogP contribution < -0.4 is 20.3 Å². The first-order chi connectivity index (χ1) is 16.4. The molecule has 2 aromatic heterocycles. The van der Waals surface area contributed by atoms with Crippen LogP contribution in [0.5, 0.6) is 11.5 Å². The van der Waals surface area contributed by atoms with Crippen molar-refractivity contribution in [1.29, 1.82) is 0 Å². The minimum Gasteiger partial charge on any atom is -0.493 e. The Morgan fingerprint density at radius 3 is 2.68 bits per heavy atom. The summed E-state index contributed by atoms with van der Waals surface area (Å²) in [6, 6.07) is 11.0. The third-order valence-corrected chi connectivity index (χ3v) is 5.35. The van der Waals surface area contributed by atoms with E-state index in [4.69, 9.17) is 14.2 Å². The van der Waals surface area contributed by atoms with Crippen molar-refractivity contribution in [2.24, 2.45) is 0 Å². The van der Waals surface area contributed by atoms with Gasteiger partial charge in [0.1, 0.15) is 12.4 Å². The van der Waals surface area contributed by atoms with Crippen molar-refractivity contribution in [3.8, 4) is 11.5 Å². The highest BCUT2D eigenvalue weighted by molar-refractivity contribution is 7.15. The highest BCUT2D eigenvalue weighted by Crippen LogP contribution is 2.28. The summed E-state index contributed by atoms with van der Waals surface area (Å²) in [6.07, 6.45) is 1.62. The fraction of sp³-hybridized carbons (Fsp3) is 0.130. The largest absolute Gasteiger partial charge is 0.493 e. The van der Waals surface area contributed by atoms with Crippen LogP contribution in [0.15, 0.2) is 64.9 Å². The monoisotopic (exact) mass is 483 g/mol. The van der Waals surface area contributed by atoms with Gasteiger partial charge in [-0.2, -0.15) is 0 Å². The summed E-state index contributed by atoms with van der Waals surface area (Å²) >= 11 is 1.30. The third kappa shape index (κ3) is 5.38. The van der Waals surface area contributed by atoms with Crippen molar-refractivity contribution < 1.29 is 28.2 Å². The number of aromatic nitrogens is 2. The quantitative estimate of drug-likeness (QED) is 0.383. The molecule has 0 saturated carbocycles. The molecule has 34 heavy (non-hydrogen) atoms. The minimum atomic E-state index is -0.646. The van der Waals surface area contributed by atoms with Crippen molar-refractivity contribution >= 4 is 33.9 Å². The molecule has 1 amide bonds. The molecule has 0 aliphatic carbocycles. The van der Waals surface area contributed by atoms with Crippen molar-refractivity contribution in [3.63, 3.8) is 0 Å². The number of fused-ring (bicyclic) bond motifs is 1. The first-order valence-electron chi connectivity index (χ1n) is 9.92. The highest BCUT2D eigenvalue weighted by atomic mass is 32.1. The van der Waals surface area contributed by atoms with Gasteiger partial charge in [0.25, 0.3) is 11.5 Å². The first kappa shape index (κ1) is 22.9. The maximum absolute atomic E-state index is 13.0. The molecule has 4 rings (SSSR count). The van der Waals surface area contributed by atoms with E-state index in [1.807, 2.05) is 0 Å². The SMILES string of the molecule is COc1cc(C(=O)OCc2cc(=O)n3ccsc3n2)ccc1OCC(=O)Nc1ccc(F)cc1. The first-order valence-corrected chi connectivity index (χ1v) is 10.8. The summed E-state index contributed by atoms with van der Waals surface area (Å²) in [5, 5.41) is 4.32. The van der Waals surface area contributed by atoms with Crippen LogP contribution in [-0.4, -0.2) is 35.0 Å². The summed E-state index contributed by atoms with van der Waals surface area (Å²) in [4.78, 5) is 41.4. The number of esters is 1. The second kappa shape index (κ2) is 10.1.